The molecule has 1 amide bonds. The molecule has 0 radical (unpaired) electrons. The number of hydrogen-bond donors (Lipinski definition) is 1. The topological polar surface area (TPSA) is 59.8 Å². The van der Waals surface area contributed by atoms with Crippen LogP contribution in [0, 0.1) is 0 Å². The molecule has 19 heavy (non-hydrogen) atoms. The van der Waals surface area contributed by atoms with E-state index in [2.05, 4.69) is 22.4 Å². The summed E-state index contributed by atoms with van der Waals surface area (Å²) in [5.41, 5.74) is 0.878. The first kappa shape index (κ1) is 13.6. The SMILES string of the molecule is CCSc1ccccc1NC(=O)CCn1cnnc1. The Balaban J connectivity index is 1.91. The molecule has 100 valence electrons. The third-order valence-corrected chi connectivity index (χ3v) is 3.48. The van der Waals surface area contributed by atoms with Gasteiger partial charge in [-0.05, 0) is 17.9 Å². The Kier molecular flexibility index (Phi) is 4.97. The van der Waals surface area contributed by atoms with Gasteiger partial charge in [-0.15, -0.1) is 22.0 Å². The highest BCUT2D eigenvalue weighted by molar-refractivity contribution is 7.99. The van der Waals surface area contributed by atoms with Crippen molar-refractivity contribution in [1.29, 1.82) is 0 Å². The molecule has 1 N–H and O–H groups in total. The van der Waals surface area contributed by atoms with Gasteiger partial charge in [0, 0.05) is 17.9 Å². The van der Waals surface area contributed by atoms with Gasteiger partial charge >= 0.3 is 0 Å². The Labute approximate surface area is 116 Å². The van der Waals surface area contributed by atoms with Crippen LogP contribution in [0.1, 0.15) is 13.3 Å². The zero-order valence-corrected chi connectivity index (χ0v) is 11.6. The Morgan fingerprint density at radius 1 is 1.32 bits per heavy atom. The van der Waals surface area contributed by atoms with Gasteiger partial charge < -0.3 is 9.88 Å². The van der Waals surface area contributed by atoms with E-state index < -0.39 is 0 Å². The van der Waals surface area contributed by atoms with Crippen LogP contribution in [0.15, 0.2) is 41.8 Å². The van der Waals surface area contributed by atoms with Crippen LogP contribution in [0.4, 0.5) is 5.69 Å². The zero-order chi connectivity index (χ0) is 13.5. The van der Waals surface area contributed by atoms with Crippen molar-refractivity contribution in [2.75, 3.05) is 11.1 Å². The van der Waals surface area contributed by atoms with Crippen LogP contribution in [0.2, 0.25) is 0 Å². The fourth-order valence-corrected chi connectivity index (χ4v) is 2.39. The van der Waals surface area contributed by atoms with Gasteiger partial charge in [0.1, 0.15) is 12.7 Å². The maximum Gasteiger partial charge on any atom is 0.226 e. The molecular weight excluding hydrogens is 260 g/mol. The summed E-state index contributed by atoms with van der Waals surface area (Å²) in [7, 11) is 0. The first-order valence-electron chi connectivity index (χ1n) is 6.13. The molecule has 0 saturated carbocycles. The van der Waals surface area contributed by atoms with Gasteiger partial charge in [0.15, 0.2) is 0 Å². The van der Waals surface area contributed by atoms with E-state index in [1.165, 1.54) is 0 Å². The molecule has 0 bridgehead atoms. The van der Waals surface area contributed by atoms with E-state index in [1.807, 2.05) is 24.3 Å². The number of nitrogens with zero attached hydrogens (tertiary/aromatic N) is 3. The van der Waals surface area contributed by atoms with Crippen LogP contribution in [0.25, 0.3) is 0 Å². The summed E-state index contributed by atoms with van der Waals surface area (Å²) in [6.45, 7) is 2.68. The Hall–Kier alpha value is -1.82. The van der Waals surface area contributed by atoms with Crippen molar-refractivity contribution in [3.63, 3.8) is 0 Å². The standard InChI is InChI=1S/C13H16N4OS/c1-2-19-12-6-4-3-5-11(12)16-13(18)7-8-17-9-14-15-10-17/h3-6,9-10H,2,7-8H2,1H3,(H,16,18). The van der Waals surface area contributed by atoms with Crippen LogP contribution < -0.4 is 5.32 Å². The van der Waals surface area contributed by atoms with E-state index in [0.717, 1.165) is 16.3 Å². The second kappa shape index (κ2) is 6.94. The van der Waals surface area contributed by atoms with Gasteiger partial charge in [-0.25, -0.2) is 0 Å². The monoisotopic (exact) mass is 276 g/mol. The summed E-state index contributed by atoms with van der Waals surface area (Å²) in [6, 6.07) is 7.85. The number of aromatic nitrogens is 3. The molecule has 0 atom stereocenters. The predicted octanol–water partition coefficient (Wildman–Crippen LogP) is 2.42. The molecule has 0 fully saturated rings. The third-order valence-electron chi connectivity index (χ3n) is 2.52. The lowest BCUT2D eigenvalue weighted by molar-refractivity contribution is -0.116. The average molecular weight is 276 g/mol. The van der Waals surface area contributed by atoms with Crippen molar-refractivity contribution in [2.45, 2.75) is 24.8 Å². The molecule has 6 heteroatoms. The van der Waals surface area contributed by atoms with E-state index in [-0.39, 0.29) is 5.91 Å². The zero-order valence-electron chi connectivity index (χ0n) is 10.7. The van der Waals surface area contributed by atoms with Crippen LogP contribution in [-0.4, -0.2) is 26.4 Å². The van der Waals surface area contributed by atoms with Crippen molar-refractivity contribution in [3.05, 3.63) is 36.9 Å². The summed E-state index contributed by atoms with van der Waals surface area (Å²) in [5.74, 6) is 0.978. The van der Waals surface area contributed by atoms with Gasteiger partial charge in [0.2, 0.25) is 5.91 Å². The number of aryl methyl sites for hydroxylation is 1. The molecule has 0 aliphatic heterocycles. The fraction of sp³-hybridized carbons (Fsp3) is 0.308. The summed E-state index contributed by atoms with van der Waals surface area (Å²) < 4.78 is 1.78. The van der Waals surface area contributed by atoms with Crippen LogP contribution >= 0.6 is 11.8 Å². The molecule has 2 rings (SSSR count). The third kappa shape index (κ3) is 4.10. The van der Waals surface area contributed by atoms with Crippen LogP contribution in [0.3, 0.4) is 0 Å². The number of hydrogen-bond acceptors (Lipinski definition) is 4. The molecule has 0 unspecified atom stereocenters. The highest BCUT2D eigenvalue weighted by atomic mass is 32.2. The first-order chi connectivity index (χ1) is 9.29. The lowest BCUT2D eigenvalue weighted by atomic mass is 10.3. The van der Waals surface area contributed by atoms with Crippen molar-refractivity contribution in [1.82, 2.24) is 14.8 Å². The number of amides is 1. The molecule has 0 spiro atoms. The van der Waals surface area contributed by atoms with E-state index in [1.54, 1.807) is 29.0 Å². The minimum Gasteiger partial charge on any atom is -0.325 e. The van der Waals surface area contributed by atoms with Gasteiger partial charge in [-0.1, -0.05) is 19.1 Å². The predicted molar refractivity (Wildman–Crippen MR) is 76.1 cm³/mol. The molecule has 0 aliphatic carbocycles. The molecule has 0 saturated heterocycles. The number of thioether (sulfide) groups is 1. The molecule has 2 aromatic rings. The van der Waals surface area contributed by atoms with Crippen LogP contribution in [0.5, 0.6) is 0 Å². The summed E-state index contributed by atoms with van der Waals surface area (Å²) >= 11 is 1.72. The number of carbonyl (C=O) groups excluding carboxylic acids is 1. The van der Waals surface area contributed by atoms with Crippen molar-refractivity contribution in [2.24, 2.45) is 0 Å². The Morgan fingerprint density at radius 3 is 2.79 bits per heavy atom. The number of rotatable bonds is 6. The van der Waals surface area contributed by atoms with Gasteiger partial charge in [-0.2, -0.15) is 0 Å². The van der Waals surface area contributed by atoms with Crippen LogP contribution in [-0.2, 0) is 11.3 Å². The van der Waals surface area contributed by atoms with Crippen molar-refractivity contribution in [3.8, 4) is 0 Å². The number of para-hydroxylation sites is 1. The van der Waals surface area contributed by atoms with Gasteiger partial charge in [0.25, 0.3) is 0 Å². The highest BCUT2D eigenvalue weighted by Crippen LogP contribution is 2.26. The minimum absolute atomic E-state index is 0.00199. The fourth-order valence-electron chi connectivity index (χ4n) is 1.63. The second-order valence-corrected chi connectivity index (χ2v) is 5.23. The maximum absolute atomic E-state index is 11.9. The number of anilines is 1. The lowest BCUT2D eigenvalue weighted by Gasteiger charge is -2.10. The normalized spacial score (nSPS) is 10.4. The molecular formula is C13H16N4OS. The minimum atomic E-state index is -0.00199. The number of benzene rings is 1. The van der Waals surface area contributed by atoms with Crippen molar-refractivity contribution < 1.29 is 4.79 Å². The molecule has 1 aromatic heterocycles. The summed E-state index contributed by atoms with van der Waals surface area (Å²) in [4.78, 5) is 13.0. The van der Waals surface area contributed by atoms with E-state index in [9.17, 15) is 4.79 Å². The lowest BCUT2D eigenvalue weighted by Crippen LogP contribution is -2.14. The molecule has 1 heterocycles. The number of carbonyl (C=O) groups is 1. The van der Waals surface area contributed by atoms with Crippen molar-refractivity contribution >= 4 is 23.4 Å². The second-order valence-electron chi connectivity index (χ2n) is 3.93. The Morgan fingerprint density at radius 2 is 2.05 bits per heavy atom. The Bertz CT molecular complexity index is 527. The van der Waals surface area contributed by atoms with E-state index in [4.69, 9.17) is 0 Å². The quantitative estimate of drug-likeness (QED) is 0.823. The average Bonchev–Trinajstić information content (AvgIpc) is 2.92. The van der Waals surface area contributed by atoms with Gasteiger partial charge in [-0.3, -0.25) is 4.79 Å². The molecule has 1 aromatic carbocycles. The van der Waals surface area contributed by atoms with E-state index >= 15 is 0 Å². The maximum atomic E-state index is 11.9. The number of nitrogens with one attached hydrogen (secondary N) is 1. The van der Waals surface area contributed by atoms with E-state index in [0.29, 0.717) is 13.0 Å². The molecule has 0 aliphatic rings. The summed E-state index contributed by atoms with van der Waals surface area (Å²) in [6.07, 6.45) is 3.62. The highest BCUT2D eigenvalue weighted by Gasteiger charge is 2.06. The van der Waals surface area contributed by atoms with Gasteiger partial charge in [0.05, 0.1) is 5.69 Å². The first-order valence-corrected chi connectivity index (χ1v) is 7.12. The molecule has 5 nitrogen and oxygen atoms in total. The largest absolute Gasteiger partial charge is 0.325 e. The summed E-state index contributed by atoms with van der Waals surface area (Å²) in [5, 5.41) is 10.3. The smallest absolute Gasteiger partial charge is 0.226 e.